The van der Waals surface area contributed by atoms with E-state index in [9.17, 15) is 18.0 Å². The van der Waals surface area contributed by atoms with Crippen molar-refractivity contribution in [3.8, 4) is 0 Å². The van der Waals surface area contributed by atoms with Crippen molar-refractivity contribution in [2.45, 2.75) is 45.6 Å². The second-order valence-electron chi connectivity index (χ2n) is 5.55. The lowest BCUT2D eigenvalue weighted by Crippen LogP contribution is -2.34. The fourth-order valence-corrected chi connectivity index (χ4v) is 2.57. The molecular formula is C15H19F3N2O. The fourth-order valence-electron chi connectivity index (χ4n) is 2.57. The predicted octanol–water partition coefficient (Wildman–Crippen LogP) is 3.07. The molecule has 0 spiro atoms. The Balaban J connectivity index is 2.27. The summed E-state index contributed by atoms with van der Waals surface area (Å²) in [5.41, 5.74) is 2.83. The van der Waals surface area contributed by atoms with Crippen molar-refractivity contribution in [1.29, 1.82) is 0 Å². The van der Waals surface area contributed by atoms with Crippen LogP contribution in [0.2, 0.25) is 0 Å². The Kier molecular flexibility index (Phi) is 4.27. The van der Waals surface area contributed by atoms with Crippen LogP contribution >= 0.6 is 0 Å². The van der Waals surface area contributed by atoms with Crippen LogP contribution in [0.3, 0.4) is 0 Å². The van der Waals surface area contributed by atoms with Crippen LogP contribution in [0.4, 0.5) is 13.2 Å². The van der Waals surface area contributed by atoms with E-state index >= 15 is 0 Å². The van der Waals surface area contributed by atoms with Crippen molar-refractivity contribution in [2.75, 3.05) is 6.54 Å². The number of benzene rings is 1. The maximum atomic E-state index is 12.4. The summed E-state index contributed by atoms with van der Waals surface area (Å²) in [5, 5.41) is 3.08. The van der Waals surface area contributed by atoms with Crippen LogP contribution in [0.5, 0.6) is 0 Å². The van der Waals surface area contributed by atoms with Crippen LogP contribution in [-0.4, -0.2) is 29.6 Å². The molecule has 1 N–H and O–H groups in total. The van der Waals surface area contributed by atoms with E-state index in [4.69, 9.17) is 0 Å². The van der Waals surface area contributed by atoms with Gasteiger partial charge in [-0.1, -0.05) is 23.8 Å². The number of rotatable bonds is 3. The third kappa shape index (κ3) is 3.56. The normalized spacial score (nSPS) is 23.0. The molecule has 1 heterocycles. The summed E-state index contributed by atoms with van der Waals surface area (Å²) in [6.45, 7) is 5.17. The van der Waals surface area contributed by atoms with Gasteiger partial charge in [0.1, 0.15) is 6.17 Å². The highest BCUT2D eigenvalue weighted by Gasteiger charge is 2.39. The van der Waals surface area contributed by atoms with Gasteiger partial charge in [-0.3, -0.25) is 10.1 Å². The summed E-state index contributed by atoms with van der Waals surface area (Å²) in [7, 11) is 0. The fraction of sp³-hybridized carbons (Fsp3) is 0.533. The van der Waals surface area contributed by atoms with Crippen molar-refractivity contribution < 1.29 is 18.0 Å². The molecule has 1 saturated heterocycles. The van der Waals surface area contributed by atoms with Crippen molar-refractivity contribution in [3.05, 3.63) is 34.9 Å². The van der Waals surface area contributed by atoms with E-state index in [2.05, 4.69) is 5.32 Å². The quantitative estimate of drug-likeness (QED) is 0.930. The van der Waals surface area contributed by atoms with Gasteiger partial charge in [-0.15, -0.1) is 0 Å². The Labute approximate surface area is 122 Å². The zero-order valence-electron chi connectivity index (χ0n) is 12.3. The summed E-state index contributed by atoms with van der Waals surface area (Å²) in [6, 6.07) is 5.31. The Morgan fingerprint density at radius 1 is 1.29 bits per heavy atom. The van der Waals surface area contributed by atoms with Gasteiger partial charge in [-0.05, 0) is 31.9 Å². The van der Waals surface area contributed by atoms with Gasteiger partial charge in [0.05, 0.1) is 12.5 Å². The van der Waals surface area contributed by atoms with Crippen molar-refractivity contribution in [3.63, 3.8) is 0 Å². The molecule has 116 valence electrons. The van der Waals surface area contributed by atoms with Gasteiger partial charge in [0.2, 0.25) is 5.91 Å². The molecule has 1 aromatic rings. The molecule has 2 unspecified atom stereocenters. The van der Waals surface area contributed by atoms with Gasteiger partial charge >= 0.3 is 6.18 Å². The number of hydrogen-bond acceptors (Lipinski definition) is 2. The Morgan fingerprint density at radius 2 is 1.95 bits per heavy atom. The van der Waals surface area contributed by atoms with Crippen LogP contribution in [0.15, 0.2) is 18.2 Å². The zero-order chi connectivity index (χ0) is 15.8. The number of hydrogen-bond donors (Lipinski definition) is 1. The number of nitrogens with one attached hydrogen (secondary N) is 1. The number of carbonyl (C=O) groups excluding carboxylic acids is 1. The molecule has 1 fully saturated rings. The first-order chi connectivity index (χ1) is 9.69. The topological polar surface area (TPSA) is 32.3 Å². The van der Waals surface area contributed by atoms with E-state index in [-0.39, 0.29) is 12.5 Å². The Hall–Kier alpha value is -1.56. The molecule has 1 aromatic carbocycles. The molecule has 2 atom stereocenters. The Bertz CT molecular complexity index is 542. The molecule has 1 amide bonds. The van der Waals surface area contributed by atoms with E-state index in [1.807, 2.05) is 32.0 Å². The molecular weight excluding hydrogens is 281 g/mol. The van der Waals surface area contributed by atoms with Gasteiger partial charge < -0.3 is 4.90 Å². The van der Waals surface area contributed by atoms with E-state index in [0.717, 1.165) is 16.7 Å². The van der Waals surface area contributed by atoms with Gasteiger partial charge in [0, 0.05) is 6.54 Å². The second-order valence-corrected chi connectivity index (χ2v) is 5.55. The van der Waals surface area contributed by atoms with Gasteiger partial charge in [-0.2, -0.15) is 13.2 Å². The lowest BCUT2D eigenvalue weighted by molar-refractivity contribution is -0.145. The van der Waals surface area contributed by atoms with Gasteiger partial charge in [0.15, 0.2) is 0 Å². The molecule has 0 aromatic heterocycles. The summed E-state index contributed by atoms with van der Waals surface area (Å²) < 4.78 is 37.3. The first-order valence-electron chi connectivity index (χ1n) is 6.89. The van der Waals surface area contributed by atoms with Crippen molar-refractivity contribution in [1.82, 2.24) is 10.2 Å². The maximum Gasteiger partial charge on any atom is 0.390 e. The smallest absolute Gasteiger partial charge is 0.321 e. The molecule has 0 saturated carbocycles. The highest BCUT2D eigenvalue weighted by atomic mass is 19.4. The number of nitrogens with zero attached hydrogens (tertiary/aromatic N) is 1. The van der Waals surface area contributed by atoms with Crippen LogP contribution < -0.4 is 5.32 Å². The lowest BCUT2D eigenvalue weighted by atomic mass is 10.0. The summed E-state index contributed by atoms with van der Waals surface area (Å²) >= 11 is 0. The third-order valence-corrected chi connectivity index (χ3v) is 3.74. The van der Waals surface area contributed by atoms with Crippen LogP contribution in [0.25, 0.3) is 0 Å². The number of amides is 1. The SMILES string of the molecule is Cc1ccc(C)c(C2NC(C)C(=O)N2CCC(F)(F)F)c1. The van der Waals surface area contributed by atoms with Crippen LogP contribution in [0, 0.1) is 13.8 Å². The van der Waals surface area contributed by atoms with Crippen molar-refractivity contribution >= 4 is 5.91 Å². The largest absolute Gasteiger partial charge is 0.390 e. The van der Waals surface area contributed by atoms with E-state index < -0.39 is 24.8 Å². The first kappa shape index (κ1) is 15.8. The first-order valence-corrected chi connectivity index (χ1v) is 6.89. The number of carbonyl (C=O) groups is 1. The minimum absolute atomic E-state index is 0.287. The molecule has 21 heavy (non-hydrogen) atoms. The number of alkyl halides is 3. The number of halogens is 3. The third-order valence-electron chi connectivity index (χ3n) is 3.74. The summed E-state index contributed by atoms with van der Waals surface area (Å²) in [5.74, 6) is -0.287. The molecule has 0 aliphatic carbocycles. The highest BCUT2D eigenvalue weighted by Crippen LogP contribution is 2.30. The highest BCUT2D eigenvalue weighted by molar-refractivity contribution is 5.84. The minimum Gasteiger partial charge on any atom is -0.321 e. The molecule has 1 aliphatic rings. The Morgan fingerprint density at radius 3 is 2.57 bits per heavy atom. The molecule has 0 bridgehead atoms. The number of aryl methyl sites for hydroxylation is 2. The van der Waals surface area contributed by atoms with Gasteiger partial charge in [-0.25, -0.2) is 0 Å². The average Bonchev–Trinajstić information content (AvgIpc) is 2.65. The molecule has 0 radical (unpaired) electrons. The average molecular weight is 300 g/mol. The van der Waals surface area contributed by atoms with E-state index in [0.29, 0.717) is 0 Å². The van der Waals surface area contributed by atoms with Crippen molar-refractivity contribution in [2.24, 2.45) is 0 Å². The van der Waals surface area contributed by atoms with Gasteiger partial charge in [0.25, 0.3) is 0 Å². The monoisotopic (exact) mass is 300 g/mol. The zero-order valence-corrected chi connectivity index (χ0v) is 12.3. The van der Waals surface area contributed by atoms with Crippen LogP contribution in [0.1, 0.15) is 36.2 Å². The lowest BCUT2D eigenvalue weighted by Gasteiger charge is -2.26. The maximum absolute atomic E-state index is 12.4. The second kappa shape index (κ2) is 5.67. The predicted molar refractivity (Wildman–Crippen MR) is 73.6 cm³/mol. The summed E-state index contributed by atoms with van der Waals surface area (Å²) in [4.78, 5) is 13.4. The van der Waals surface area contributed by atoms with Crippen LogP contribution in [-0.2, 0) is 4.79 Å². The summed E-state index contributed by atoms with van der Waals surface area (Å²) in [6.07, 6.45) is -5.75. The molecule has 2 rings (SSSR count). The molecule has 3 nitrogen and oxygen atoms in total. The molecule has 6 heteroatoms. The van der Waals surface area contributed by atoms with E-state index in [1.54, 1.807) is 6.92 Å². The minimum atomic E-state index is -4.27. The van der Waals surface area contributed by atoms with E-state index in [1.165, 1.54) is 4.90 Å². The standard InChI is InChI=1S/C15H19F3N2O/c1-9-4-5-10(2)12(8-9)13-19-11(3)14(21)20(13)7-6-15(16,17)18/h4-5,8,11,13,19H,6-7H2,1-3H3. The molecule has 1 aliphatic heterocycles.